The summed E-state index contributed by atoms with van der Waals surface area (Å²) in [5.41, 5.74) is 6.99. The Morgan fingerprint density at radius 3 is 2.36 bits per heavy atom. The van der Waals surface area contributed by atoms with E-state index >= 15 is 0 Å². The van der Waals surface area contributed by atoms with Crippen LogP contribution in [0.25, 0.3) is 5.57 Å². The summed E-state index contributed by atoms with van der Waals surface area (Å²) in [6.45, 7) is 4.24. The highest BCUT2D eigenvalue weighted by Gasteiger charge is 2.44. The Morgan fingerprint density at radius 2 is 1.68 bits per heavy atom. The molecule has 0 saturated carbocycles. The minimum Gasteiger partial charge on any atom is -0.253 e. The van der Waals surface area contributed by atoms with Gasteiger partial charge in [-0.1, -0.05) is 67.3 Å². The second-order valence-corrected chi connectivity index (χ2v) is 6.93. The quantitative estimate of drug-likeness (QED) is 0.633. The van der Waals surface area contributed by atoms with Gasteiger partial charge in [-0.3, -0.25) is 4.99 Å². The lowest BCUT2D eigenvalue weighted by Gasteiger charge is -2.26. The van der Waals surface area contributed by atoms with Crippen molar-refractivity contribution in [3.63, 3.8) is 0 Å². The lowest BCUT2D eigenvalue weighted by molar-refractivity contribution is -0.750. The zero-order valence-electron chi connectivity index (χ0n) is 15.3. The van der Waals surface area contributed by atoms with Gasteiger partial charge in [-0.2, -0.15) is 10.8 Å². The molecule has 2 aromatic carbocycles. The average molecular weight is 363 g/mol. The Hall–Kier alpha value is -3.60. The van der Waals surface area contributed by atoms with Gasteiger partial charge in [-0.05, 0) is 28.8 Å². The van der Waals surface area contributed by atoms with E-state index in [9.17, 15) is 0 Å². The summed E-state index contributed by atoms with van der Waals surface area (Å²) in [4.78, 5) is 9.15. The van der Waals surface area contributed by atoms with E-state index in [0.29, 0.717) is 0 Å². The van der Waals surface area contributed by atoms with Gasteiger partial charge in [0.2, 0.25) is 5.70 Å². The van der Waals surface area contributed by atoms with E-state index < -0.39 is 0 Å². The molecule has 1 unspecified atom stereocenters. The van der Waals surface area contributed by atoms with Crippen LogP contribution in [0.5, 0.6) is 0 Å². The molecule has 0 radical (unpaired) electrons. The molecule has 1 aliphatic carbocycles. The summed E-state index contributed by atoms with van der Waals surface area (Å²) in [6.07, 6.45) is 11.5. The topological polar surface area (TPSA) is 50.7 Å². The fraction of sp³-hybridized carbons (Fsp3) is 0. The van der Waals surface area contributed by atoms with E-state index in [1.807, 2.05) is 42.6 Å². The Bertz CT molecular complexity index is 1160. The number of benzene rings is 2. The third-order valence-corrected chi connectivity index (χ3v) is 5.23. The van der Waals surface area contributed by atoms with Gasteiger partial charge in [0.15, 0.2) is 0 Å². The van der Waals surface area contributed by atoms with Gasteiger partial charge in [-0.25, -0.2) is 0 Å². The molecular formula is C24H19N4+. The number of hydrogen-bond acceptors (Lipinski definition) is 3. The van der Waals surface area contributed by atoms with Crippen LogP contribution in [0.2, 0.25) is 0 Å². The summed E-state index contributed by atoms with van der Waals surface area (Å²) in [5.74, 6) is 7.52. The minimum atomic E-state index is 0.0307. The highest BCUT2D eigenvalue weighted by atomic mass is 15.6. The molecule has 0 bridgehead atoms. The largest absolute Gasteiger partial charge is 0.265 e. The third kappa shape index (κ3) is 2.47. The summed E-state index contributed by atoms with van der Waals surface area (Å²) in [7, 11) is 0. The molecule has 3 aliphatic rings. The Labute approximate surface area is 163 Å². The number of nitrogens with two attached hydrogens (primary N) is 1. The summed E-state index contributed by atoms with van der Waals surface area (Å²) in [5, 5.41) is 0. The molecule has 0 spiro atoms. The standard InChI is InChI=1S/C24H19N4/c1-17(18-6-3-2-4-7-18)19-10-12-21(13-11-19)24-27-23(20-8-5-9-20)22-16-26-14-15-28(22,24)25/h2-16H,1,25H2/q+1. The molecule has 2 N–H and O–H groups in total. The molecule has 5 rings (SSSR count). The molecule has 2 aromatic rings. The fourth-order valence-electron chi connectivity index (χ4n) is 3.57. The highest BCUT2D eigenvalue weighted by Crippen LogP contribution is 2.36. The Balaban J connectivity index is 1.51. The Morgan fingerprint density at radius 1 is 0.964 bits per heavy atom. The number of amidine groups is 1. The van der Waals surface area contributed by atoms with Crippen molar-refractivity contribution < 1.29 is 4.59 Å². The summed E-state index contributed by atoms with van der Waals surface area (Å²) >= 11 is 0. The van der Waals surface area contributed by atoms with Gasteiger partial charge in [0.05, 0.1) is 18.0 Å². The van der Waals surface area contributed by atoms with Crippen LogP contribution in [0.15, 0.2) is 119 Å². The SMILES string of the molecule is C=C(c1ccccc1)c1ccc(C2=NC(C3=CC=C3)=C3C=NC=C[N+]23N)cc1. The normalized spacial score (nSPS) is 21.9. The van der Waals surface area contributed by atoms with Crippen molar-refractivity contribution in [2.75, 3.05) is 0 Å². The molecule has 2 aliphatic heterocycles. The number of fused-ring (bicyclic) bond motifs is 1. The van der Waals surface area contributed by atoms with Crippen molar-refractivity contribution in [3.05, 3.63) is 125 Å². The van der Waals surface area contributed by atoms with Crippen molar-refractivity contribution in [3.8, 4) is 0 Å². The van der Waals surface area contributed by atoms with Crippen LogP contribution in [0.1, 0.15) is 16.7 Å². The number of rotatable bonds is 4. The first kappa shape index (κ1) is 16.6. The molecule has 0 saturated heterocycles. The predicted molar refractivity (Wildman–Crippen MR) is 114 cm³/mol. The van der Waals surface area contributed by atoms with Crippen molar-refractivity contribution in [1.82, 2.24) is 0 Å². The van der Waals surface area contributed by atoms with Gasteiger partial charge < -0.3 is 0 Å². The third-order valence-electron chi connectivity index (χ3n) is 5.23. The van der Waals surface area contributed by atoms with Gasteiger partial charge in [0, 0.05) is 5.57 Å². The average Bonchev–Trinajstić information content (AvgIpc) is 3.00. The van der Waals surface area contributed by atoms with Crippen LogP contribution >= 0.6 is 0 Å². The van der Waals surface area contributed by atoms with Gasteiger partial charge in [0.25, 0.3) is 5.84 Å². The number of allylic oxidation sites excluding steroid dienone is 4. The second-order valence-electron chi connectivity index (χ2n) is 6.93. The summed E-state index contributed by atoms with van der Waals surface area (Å²) < 4.78 is 0.0307. The summed E-state index contributed by atoms with van der Waals surface area (Å²) in [6, 6.07) is 18.4. The molecule has 28 heavy (non-hydrogen) atoms. The number of aliphatic imine (C=N–C) groups is 2. The fourth-order valence-corrected chi connectivity index (χ4v) is 3.57. The van der Waals surface area contributed by atoms with E-state index in [0.717, 1.165) is 45.1 Å². The lowest BCUT2D eigenvalue weighted by atomic mass is 9.98. The first-order chi connectivity index (χ1) is 13.7. The number of hydrogen-bond donors (Lipinski definition) is 1. The maximum atomic E-state index is 6.74. The van der Waals surface area contributed by atoms with E-state index in [1.165, 1.54) is 0 Å². The first-order valence-corrected chi connectivity index (χ1v) is 9.13. The molecule has 2 heterocycles. The van der Waals surface area contributed by atoms with Crippen molar-refractivity contribution in [2.45, 2.75) is 0 Å². The number of nitrogens with zero attached hydrogens (tertiary/aromatic N) is 3. The monoisotopic (exact) mass is 363 g/mol. The van der Waals surface area contributed by atoms with Crippen LogP contribution in [-0.2, 0) is 0 Å². The van der Waals surface area contributed by atoms with Crippen molar-refractivity contribution in [2.24, 2.45) is 15.8 Å². The van der Waals surface area contributed by atoms with Gasteiger partial charge >= 0.3 is 0 Å². The van der Waals surface area contributed by atoms with Gasteiger partial charge in [-0.15, -0.1) is 4.59 Å². The van der Waals surface area contributed by atoms with Crippen LogP contribution in [0.4, 0.5) is 0 Å². The molecule has 4 heteroatoms. The smallest absolute Gasteiger partial charge is 0.253 e. The first-order valence-electron chi connectivity index (χ1n) is 9.13. The molecule has 0 amide bonds. The second kappa shape index (κ2) is 6.23. The van der Waals surface area contributed by atoms with Crippen LogP contribution in [-0.4, -0.2) is 16.6 Å². The molecule has 4 nitrogen and oxygen atoms in total. The van der Waals surface area contributed by atoms with Crippen molar-refractivity contribution in [1.29, 1.82) is 0 Å². The lowest BCUT2D eigenvalue weighted by Crippen LogP contribution is -2.53. The predicted octanol–water partition coefficient (Wildman–Crippen LogP) is 4.46. The molecule has 0 fully saturated rings. The van der Waals surface area contributed by atoms with E-state index in [4.69, 9.17) is 10.8 Å². The van der Waals surface area contributed by atoms with Crippen LogP contribution in [0, 0.1) is 0 Å². The molecular weight excluding hydrogens is 344 g/mol. The number of quaternary nitrogens is 1. The molecule has 1 atom stereocenters. The maximum absolute atomic E-state index is 6.74. The molecule has 134 valence electrons. The van der Waals surface area contributed by atoms with E-state index in [2.05, 4.69) is 48.0 Å². The van der Waals surface area contributed by atoms with Crippen molar-refractivity contribution >= 4 is 17.6 Å². The van der Waals surface area contributed by atoms with Crippen LogP contribution in [0.3, 0.4) is 0 Å². The zero-order valence-corrected chi connectivity index (χ0v) is 15.3. The van der Waals surface area contributed by atoms with Gasteiger partial charge in [0.1, 0.15) is 11.9 Å². The van der Waals surface area contributed by atoms with E-state index in [-0.39, 0.29) is 4.59 Å². The minimum absolute atomic E-state index is 0.0307. The van der Waals surface area contributed by atoms with E-state index in [1.54, 1.807) is 12.4 Å². The maximum Gasteiger partial charge on any atom is 0.265 e. The Kier molecular flexibility index (Phi) is 3.69. The highest BCUT2D eigenvalue weighted by molar-refractivity contribution is 6.01. The molecule has 0 aromatic heterocycles. The zero-order chi connectivity index (χ0) is 19.1. The van der Waals surface area contributed by atoms with Crippen LogP contribution < -0.4 is 5.84 Å².